The van der Waals surface area contributed by atoms with Crippen LogP contribution in [-0.2, 0) is 4.74 Å². The SMILES string of the molecule is O=C(F)OC1(F)C(F)(F)C(F)(F)C1(F)F. The van der Waals surface area contributed by atoms with Crippen molar-refractivity contribution in [1.29, 1.82) is 0 Å². The zero-order chi connectivity index (χ0) is 12.3. The average molecular weight is 244 g/mol. The molecule has 0 saturated heterocycles. The predicted molar refractivity (Wildman–Crippen MR) is 26.3 cm³/mol. The number of alkyl halides is 7. The van der Waals surface area contributed by atoms with E-state index < -0.39 is 29.8 Å². The van der Waals surface area contributed by atoms with Gasteiger partial charge in [0.2, 0.25) is 0 Å². The minimum atomic E-state index is -6.05. The average Bonchev–Trinajstić information content (AvgIpc) is 2.00. The molecule has 1 rings (SSSR count). The fourth-order valence-corrected chi connectivity index (χ4v) is 0.974. The highest BCUT2D eigenvalue weighted by molar-refractivity contribution is 5.59. The summed E-state index contributed by atoms with van der Waals surface area (Å²) in [5, 5.41) is 0. The normalized spacial score (nSPS) is 29.1. The van der Waals surface area contributed by atoms with Gasteiger partial charge in [0.25, 0.3) is 0 Å². The van der Waals surface area contributed by atoms with Gasteiger partial charge in [0.05, 0.1) is 0 Å². The molecular formula is C5F8O2. The summed E-state index contributed by atoms with van der Waals surface area (Å²) in [5.41, 5.74) is 0. The van der Waals surface area contributed by atoms with Gasteiger partial charge in [-0.15, -0.1) is 4.39 Å². The molecule has 0 aromatic carbocycles. The van der Waals surface area contributed by atoms with E-state index in [2.05, 4.69) is 4.74 Å². The van der Waals surface area contributed by atoms with Crippen molar-refractivity contribution in [3.63, 3.8) is 0 Å². The van der Waals surface area contributed by atoms with Crippen LogP contribution in [0.2, 0.25) is 0 Å². The smallest absolute Gasteiger partial charge is 0.390 e. The molecule has 0 bridgehead atoms. The summed E-state index contributed by atoms with van der Waals surface area (Å²) < 4.78 is 98.8. The first-order valence-corrected chi connectivity index (χ1v) is 3.12. The first-order valence-electron chi connectivity index (χ1n) is 3.12. The summed E-state index contributed by atoms with van der Waals surface area (Å²) in [6, 6.07) is 0. The van der Waals surface area contributed by atoms with Gasteiger partial charge in [0, 0.05) is 0 Å². The standard InChI is InChI=1S/C5F8O2/c6-1(14)15-5(13)3(9,10)2(7,8)4(5,11)12. The van der Waals surface area contributed by atoms with Crippen molar-refractivity contribution in [3.8, 4) is 0 Å². The van der Waals surface area contributed by atoms with Gasteiger partial charge in [-0.05, 0) is 0 Å². The maximum Gasteiger partial charge on any atom is 0.498 e. The van der Waals surface area contributed by atoms with Gasteiger partial charge in [-0.25, -0.2) is 4.79 Å². The van der Waals surface area contributed by atoms with Crippen LogP contribution in [0.1, 0.15) is 0 Å². The summed E-state index contributed by atoms with van der Waals surface area (Å²) in [4.78, 5) is 9.40. The predicted octanol–water partition coefficient (Wildman–Crippen LogP) is 2.68. The lowest BCUT2D eigenvalue weighted by Gasteiger charge is -2.51. The number of hydrogen-bond acceptors (Lipinski definition) is 2. The molecule has 1 saturated carbocycles. The highest BCUT2D eigenvalue weighted by Crippen LogP contribution is 2.69. The second-order valence-corrected chi connectivity index (χ2v) is 2.66. The molecule has 10 heteroatoms. The fraction of sp³-hybridized carbons (Fsp3) is 0.800. The summed E-state index contributed by atoms with van der Waals surface area (Å²) in [6.45, 7) is 0. The van der Waals surface area contributed by atoms with E-state index in [9.17, 15) is 39.9 Å². The molecule has 0 aromatic rings. The Morgan fingerprint density at radius 2 is 1.13 bits per heavy atom. The number of ether oxygens (including phenoxy) is 1. The molecule has 1 aliphatic carbocycles. The summed E-state index contributed by atoms with van der Waals surface area (Å²) in [7, 11) is 0. The van der Waals surface area contributed by atoms with Crippen LogP contribution in [0.4, 0.5) is 39.9 Å². The highest BCUT2D eigenvalue weighted by atomic mass is 19.4. The van der Waals surface area contributed by atoms with Crippen LogP contribution in [-0.4, -0.2) is 29.8 Å². The van der Waals surface area contributed by atoms with Gasteiger partial charge in [0.15, 0.2) is 0 Å². The molecule has 0 spiro atoms. The van der Waals surface area contributed by atoms with Crippen molar-refractivity contribution < 1.29 is 44.7 Å². The minimum Gasteiger partial charge on any atom is -0.390 e. The quantitative estimate of drug-likeness (QED) is 0.523. The molecule has 0 radical (unpaired) electrons. The molecule has 2 nitrogen and oxygen atoms in total. The molecule has 0 amide bonds. The van der Waals surface area contributed by atoms with Gasteiger partial charge in [-0.1, -0.05) is 0 Å². The van der Waals surface area contributed by atoms with Crippen LogP contribution < -0.4 is 0 Å². The van der Waals surface area contributed by atoms with Crippen LogP contribution in [0, 0.1) is 0 Å². The van der Waals surface area contributed by atoms with E-state index in [1.54, 1.807) is 0 Å². The zero-order valence-corrected chi connectivity index (χ0v) is 6.34. The molecule has 15 heavy (non-hydrogen) atoms. The second kappa shape index (κ2) is 2.53. The Kier molecular flexibility index (Phi) is 2.02. The van der Waals surface area contributed by atoms with E-state index in [1.807, 2.05) is 0 Å². The van der Waals surface area contributed by atoms with Crippen LogP contribution in [0.25, 0.3) is 0 Å². The largest absolute Gasteiger partial charge is 0.498 e. The molecule has 0 aliphatic heterocycles. The third kappa shape index (κ3) is 0.965. The molecule has 1 aliphatic rings. The Labute approximate surface area is 75.8 Å². The third-order valence-electron chi connectivity index (χ3n) is 1.82. The zero-order valence-electron chi connectivity index (χ0n) is 6.34. The maximum atomic E-state index is 12.5. The van der Waals surface area contributed by atoms with Crippen molar-refractivity contribution in [2.24, 2.45) is 0 Å². The van der Waals surface area contributed by atoms with Crippen LogP contribution in [0.3, 0.4) is 0 Å². The van der Waals surface area contributed by atoms with Crippen LogP contribution >= 0.6 is 0 Å². The Balaban J connectivity index is 3.16. The molecule has 0 atom stereocenters. The topological polar surface area (TPSA) is 26.3 Å². The Morgan fingerprint density at radius 3 is 1.40 bits per heavy atom. The number of carbonyl (C=O) groups is 1. The van der Waals surface area contributed by atoms with Gasteiger partial charge in [-0.2, -0.15) is 30.7 Å². The molecule has 0 N–H and O–H groups in total. The third-order valence-corrected chi connectivity index (χ3v) is 1.82. The molecule has 1 fully saturated rings. The molecule has 0 aromatic heterocycles. The van der Waals surface area contributed by atoms with Crippen molar-refractivity contribution in [1.82, 2.24) is 0 Å². The first kappa shape index (κ1) is 12.0. The van der Waals surface area contributed by atoms with Gasteiger partial charge < -0.3 is 4.74 Å². The maximum absolute atomic E-state index is 12.5. The van der Waals surface area contributed by atoms with Crippen LogP contribution in [0.15, 0.2) is 0 Å². The fourth-order valence-electron chi connectivity index (χ4n) is 0.974. The summed E-state index contributed by atoms with van der Waals surface area (Å²) >= 11 is 0. The monoisotopic (exact) mass is 244 g/mol. The lowest BCUT2D eigenvalue weighted by atomic mass is 9.78. The molecule has 88 valence electrons. The van der Waals surface area contributed by atoms with Gasteiger partial charge >= 0.3 is 29.8 Å². The molecule has 0 heterocycles. The molecular weight excluding hydrogens is 244 g/mol. The Hall–Kier alpha value is -1.09. The highest BCUT2D eigenvalue weighted by Gasteiger charge is 3.03. The lowest BCUT2D eigenvalue weighted by Crippen LogP contribution is -2.85. The van der Waals surface area contributed by atoms with E-state index in [-0.39, 0.29) is 0 Å². The van der Waals surface area contributed by atoms with E-state index in [0.29, 0.717) is 0 Å². The number of carbonyl (C=O) groups excluding carboxylic acids is 1. The first-order chi connectivity index (χ1) is 6.42. The van der Waals surface area contributed by atoms with Gasteiger partial charge in [-0.3, -0.25) is 0 Å². The Bertz CT molecular complexity index is 292. The van der Waals surface area contributed by atoms with Crippen LogP contribution in [0.5, 0.6) is 0 Å². The van der Waals surface area contributed by atoms with Gasteiger partial charge in [0.1, 0.15) is 0 Å². The second-order valence-electron chi connectivity index (χ2n) is 2.66. The number of halogens is 8. The van der Waals surface area contributed by atoms with E-state index in [0.717, 1.165) is 0 Å². The molecule has 0 unspecified atom stereocenters. The van der Waals surface area contributed by atoms with E-state index >= 15 is 0 Å². The van der Waals surface area contributed by atoms with Crippen molar-refractivity contribution in [3.05, 3.63) is 0 Å². The van der Waals surface area contributed by atoms with E-state index in [1.165, 1.54) is 0 Å². The van der Waals surface area contributed by atoms with E-state index in [4.69, 9.17) is 0 Å². The minimum absolute atomic E-state index is 2.29. The lowest BCUT2D eigenvalue weighted by molar-refractivity contribution is -0.522. The van der Waals surface area contributed by atoms with Crippen molar-refractivity contribution in [2.75, 3.05) is 0 Å². The summed E-state index contributed by atoms with van der Waals surface area (Å²) in [6.07, 6.45) is -3.35. The van der Waals surface area contributed by atoms with Crippen molar-refractivity contribution >= 4 is 6.22 Å². The Morgan fingerprint density at radius 1 is 0.800 bits per heavy atom. The number of rotatable bonds is 1. The number of hydrogen-bond donors (Lipinski definition) is 0. The summed E-state index contributed by atoms with van der Waals surface area (Å²) in [5.74, 6) is -23.7. The van der Waals surface area contributed by atoms with Crippen molar-refractivity contribution in [2.45, 2.75) is 23.6 Å².